The Kier molecular flexibility index (Phi) is 4.72. The smallest absolute Gasteiger partial charge is 0.293 e. The van der Waals surface area contributed by atoms with Crippen molar-refractivity contribution in [3.05, 3.63) is 88.5 Å². The Hall–Kier alpha value is -3.74. The fourth-order valence-electron chi connectivity index (χ4n) is 3.02. The van der Waals surface area contributed by atoms with Crippen LogP contribution < -0.4 is 10.9 Å². The van der Waals surface area contributed by atoms with E-state index in [1.54, 1.807) is 13.0 Å². The van der Waals surface area contributed by atoms with Gasteiger partial charge in [0, 0.05) is 12.1 Å². The molecular weight excluding hydrogens is 354 g/mol. The summed E-state index contributed by atoms with van der Waals surface area (Å²) in [6, 6.07) is 20.9. The molecule has 0 unspecified atom stereocenters. The minimum atomic E-state index is -0.352. The normalized spacial score (nSPS) is 10.9. The lowest BCUT2D eigenvalue weighted by Crippen LogP contribution is -2.34. The molecule has 4 rings (SSSR count). The monoisotopic (exact) mass is 373 g/mol. The number of nitrogens with one attached hydrogen (secondary N) is 1. The molecule has 4 aromatic rings. The molecule has 2 aromatic carbocycles. The second-order valence-corrected chi connectivity index (χ2v) is 6.46. The molecule has 0 bridgehead atoms. The highest BCUT2D eigenvalue weighted by atomic mass is 16.2. The standard InChI is InChI=1S/C21H19N5O2/c1-15-23-25(14-20(27)22-13-16-8-4-2-5-9-16)21(28)19-12-18(24-26(15)19)17-10-6-3-7-11-17/h2-12H,13-14H2,1H3,(H,22,27). The largest absolute Gasteiger partial charge is 0.350 e. The van der Waals surface area contributed by atoms with Gasteiger partial charge >= 0.3 is 0 Å². The van der Waals surface area contributed by atoms with Crippen LogP contribution in [0.1, 0.15) is 11.4 Å². The number of rotatable bonds is 5. The molecule has 140 valence electrons. The van der Waals surface area contributed by atoms with Crippen LogP contribution in [0.3, 0.4) is 0 Å². The summed E-state index contributed by atoms with van der Waals surface area (Å²) in [6.07, 6.45) is 0. The molecule has 28 heavy (non-hydrogen) atoms. The van der Waals surface area contributed by atoms with Gasteiger partial charge in [-0.15, -0.1) is 0 Å². The Bertz CT molecular complexity index is 1180. The van der Waals surface area contributed by atoms with Crippen molar-refractivity contribution in [2.45, 2.75) is 20.0 Å². The third-order valence-electron chi connectivity index (χ3n) is 4.43. The molecule has 0 atom stereocenters. The number of amides is 1. The summed E-state index contributed by atoms with van der Waals surface area (Å²) in [5.74, 6) is 0.262. The van der Waals surface area contributed by atoms with Crippen LogP contribution in [0.2, 0.25) is 0 Å². The highest BCUT2D eigenvalue weighted by Crippen LogP contribution is 2.18. The molecule has 0 aliphatic carbocycles. The highest BCUT2D eigenvalue weighted by molar-refractivity contribution is 5.75. The minimum Gasteiger partial charge on any atom is -0.350 e. The summed E-state index contributed by atoms with van der Waals surface area (Å²) in [4.78, 5) is 25.1. The molecular formula is C21H19N5O2. The molecule has 0 saturated heterocycles. The van der Waals surface area contributed by atoms with Gasteiger partial charge in [-0.2, -0.15) is 10.2 Å². The van der Waals surface area contributed by atoms with E-state index in [9.17, 15) is 9.59 Å². The van der Waals surface area contributed by atoms with Gasteiger partial charge in [-0.1, -0.05) is 60.7 Å². The van der Waals surface area contributed by atoms with Crippen LogP contribution in [0.25, 0.3) is 16.8 Å². The van der Waals surface area contributed by atoms with Crippen LogP contribution in [-0.2, 0) is 17.9 Å². The first-order valence-electron chi connectivity index (χ1n) is 8.95. The Morgan fingerprint density at radius 2 is 1.68 bits per heavy atom. The van der Waals surface area contributed by atoms with Gasteiger partial charge in [-0.05, 0) is 18.6 Å². The van der Waals surface area contributed by atoms with E-state index in [1.807, 2.05) is 60.7 Å². The molecule has 0 saturated carbocycles. The van der Waals surface area contributed by atoms with Crippen LogP contribution in [0.15, 0.2) is 71.5 Å². The number of aryl methyl sites for hydroxylation is 1. The van der Waals surface area contributed by atoms with Crippen molar-refractivity contribution in [1.82, 2.24) is 24.7 Å². The topological polar surface area (TPSA) is 81.3 Å². The fourth-order valence-corrected chi connectivity index (χ4v) is 3.02. The van der Waals surface area contributed by atoms with E-state index in [0.29, 0.717) is 23.6 Å². The molecule has 0 spiro atoms. The summed E-state index contributed by atoms with van der Waals surface area (Å²) < 4.78 is 2.70. The maximum Gasteiger partial charge on any atom is 0.293 e. The van der Waals surface area contributed by atoms with Crippen molar-refractivity contribution >= 4 is 11.4 Å². The van der Waals surface area contributed by atoms with Gasteiger partial charge in [0.2, 0.25) is 5.91 Å². The first kappa shape index (κ1) is 17.7. The van der Waals surface area contributed by atoms with E-state index >= 15 is 0 Å². The molecule has 1 amide bonds. The number of aromatic nitrogens is 4. The Morgan fingerprint density at radius 1 is 1.00 bits per heavy atom. The zero-order chi connectivity index (χ0) is 19.5. The maximum absolute atomic E-state index is 12.8. The van der Waals surface area contributed by atoms with E-state index in [4.69, 9.17) is 0 Å². The zero-order valence-corrected chi connectivity index (χ0v) is 15.4. The second kappa shape index (κ2) is 7.48. The molecule has 0 radical (unpaired) electrons. The second-order valence-electron chi connectivity index (χ2n) is 6.46. The van der Waals surface area contributed by atoms with Crippen molar-refractivity contribution < 1.29 is 4.79 Å². The average molecular weight is 373 g/mol. The number of carbonyl (C=O) groups excluding carboxylic acids is 1. The van der Waals surface area contributed by atoms with Gasteiger partial charge in [0.1, 0.15) is 17.9 Å². The van der Waals surface area contributed by atoms with E-state index in [2.05, 4.69) is 15.5 Å². The van der Waals surface area contributed by atoms with Crippen molar-refractivity contribution in [3.8, 4) is 11.3 Å². The number of benzene rings is 2. The highest BCUT2D eigenvalue weighted by Gasteiger charge is 2.14. The molecule has 1 N–H and O–H groups in total. The SMILES string of the molecule is Cc1nn(CC(=O)NCc2ccccc2)c(=O)c2cc(-c3ccccc3)nn12. The van der Waals surface area contributed by atoms with Gasteiger partial charge in [0.05, 0.1) is 5.69 Å². The predicted octanol–water partition coefficient (Wildman–Crippen LogP) is 2.18. The molecule has 2 heterocycles. The Morgan fingerprint density at radius 3 is 2.39 bits per heavy atom. The van der Waals surface area contributed by atoms with E-state index < -0.39 is 0 Å². The first-order valence-corrected chi connectivity index (χ1v) is 8.95. The van der Waals surface area contributed by atoms with Crippen LogP contribution >= 0.6 is 0 Å². The molecule has 2 aromatic heterocycles. The minimum absolute atomic E-state index is 0.144. The molecule has 7 nitrogen and oxygen atoms in total. The van der Waals surface area contributed by atoms with E-state index in [-0.39, 0.29) is 18.0 Å². The number of fused-ring (bicyclic) bond motifs is 1. The summed E-state index contributed by atoms with van der Waals surface area (Å²) in [5.41, 5.74) is 2.63. The Balaban J connectivity index is 1.58. The number of carbonyl (C=O) groups is 1. The summed E-state index contributed by atoms with van der Waals surface area (Å²) in [7, 11) is 0. The van der Waals surface area contributed by atoms with Crippen molar-refractivity contribution in [1.29, 1.82) is 0 Å². The lowest BCUT2D eigenvalue weighted by Gasteiger charge is -2.08. The van der Waals surface area contributed by atoms with Crippen LogP contribution in [0, 0.1) is 6.92 Å². The van der Waals surface area contributed by atoms with Crippen LogP contribution in [-0.4, -0.2) is 25.3 Å². The lowest BCUT2D eigenvalue weighted by atomic mass is 10.1. The van der Waals surface area contributed by atoms with Crippen LogP contribution in [0.5, 0.6) is 0 Å². The predicted molar refractivity (Wildman–Crippen MR) is 106 cm³/mol. The summed E-state index contributed by atoms with van der Waals surface area (Å²) in [6.45, 7) is 2.02. The third kappa shape index (κ3) is 3.55. The van der Waals surface area contributed by atoms with Gasteiger partial charge in [-0.25, -0.2) is 9.20 Å². The summed E-state index contributed by atoms with van der Waals surface area (Å²) in [5, 5.41) is 11.5. The quantitative estimate of drug-likeness (QED) is 0.581. The maximum atomic E-state index is 12.8. The van der Waals surface area contributed by atoms with Crippen molar-refractivity contribution in [3.63, 3.8) is 0 Å². The average Bonchev–Trinajstić information content (AvgIpc) is 3.18. The number of nitrogens with zero attached hydrogens (tertiary/aromatic N) is 4. The number of hydrogen-bond donors (Lipinski definition) is 1. The fraction of sp³-hybridized carbons (Fsp3) is 0.143. The van der Waals surface area contributed by atoms with Gasteiger partial charge in [0.15, 0.2) is 0 Å². The molecule has 0 aliphatic heterocycles. The number of hydrogen-bond acceptors (Lipinski definition) is 4. The molecule has 7 heteroatoms. The van der Waals surface area contributed by atoms with Crippen molar-refractivity contribution in [2.24, 2.45) is 0 Å². The lowest BCUT2D eigenvalue weighted by molar-refractivity contribution is -0.122. The molecule has 0 fully saturated rings. The summed E-state index contributed by atoms with van der Waals surface area (Å²) >= 11 is 0. The van der Waals surface area contributed by atoms with Crippen LogP contribution in [0.4, 0.5) is 0 Å². The van der Waals surface area contributed by atoms with Gasteiger partial charge in [-0.3, -0.25) is 9.59 Å². The Labute approximate surface area is 161 Å². The molecule has 0 aliphatic rings. The van der Waals surface area contributed by atoms with Crippen molar-refractivity contribution in [2.75, 3.05) is 0 Å². The van der Waals surface area contributed by atoms with Gasteiger partial charge < -0.3 is 5.32 Å². The van der Waals surface area contributed by atoms with E-state index in [0.717, 1.165) is 11.1 Å². The van der Waals surface area contributed by atoms with E-state index in [1.165, 1.54) is 9.20 Å². The van der Waals surface area contributed by atoms with Gasteiger partial charge in [0.25, 0.3) is 5.56 Å². The third-order valence-corrected chi connectivity index (χ3v) is 4.43. The zero-order valence-electron chi connectivity index (χ0n) is 15.4. The first-order chi connectivity index (χ1) is 13.6.